The third-order valence-electron chi connectivity index (χ3n) is 0.285. The summed E-state index contributed by atoms with van der Waals surface area (Å²) in [4.78, 5) is 0. The second-order valence-corrected chi connectivity index (χ2v) is 13.0. The van der Waals surface area contributed by atoms with Crippen molar-refractivity contribution in [1.82, 2.24) is 0 Å². The van der Waals surface area contributed by atoms with Gasteiger partial charge in [-0.1, -0.05) is 0 Å². The number of hydrogen-bond acceptors (Lipinski definition) is 2. The van der Waals surface area contributed by atoms with Crippen LogP contribution in [0.3, 0.4) is 0 Å². The Bertz CT molecular complexity index is 214. The summed E-state index contributed by atoms with van der Waals surface area (Å²) in [5.41, 5.74) is 0. The molecule has 94 valence electrons. The van der Waals surface area contributed by atoms with Gasteiger partial charge in [0.1, 0.15) is 0 Å². The molecule has 0 saturated heterocycles. The summed E-state index contributed by atoms with van der Waals surface area (Å²) in [5.74, 6) is 0. The van der Waals surface area contributed by atoms with E-state index in [0.29, 0.717) is 0 Å². The van der Waals surface area contributed by atoms with Crippen LogP contribution in [0, 0.1) is 0 Å². The molecule has 14 heavy (non-hydrogen) atoms. The molecule has 0 N–H and O–H groups in total. The molecular weight excluding hydrogens is 477 g/mol. The fourth-order valence-electron chi connectivity index (χ4n) is 0.105. The van der Waals surface area contributed by atoms with Crippen molar-refractivity contribution in [2.24, 2.45) is 0 Å². The molecule has 0 amide bonds. The quantitative estimate of drug-likeness (QED) is 0.269. The van der Waals surface area contributed by atoms with Gasteiger partial charge in [0.2, 0.25) is 0 Å². The van der Waals surface area contributed by atoms with Crippen molar-refractivity contribution in [3.63, 3.8) is 0 Å². The van der Waals surface area contributed by atoms with Gasteiger partial charge in [-0.3, -0.25) is 0 Å². The number of halogens is 10. The Morgan fingerprint density at radius 1 is 0.429 bits per heavy atom. The van der Waals surface area contributed by atoms with Crippen molar-refractivity contribution in [1.29, 1.82) is 0 Å². The Hall–Kier alpha value is 0.799. The van der Waals surface area contributed by atoms with E-state index in [1.165, 1.54) is 0 Å². The van der Waals surface area contributed by atoms with E-state index in [9.17, 15) is 28.9 Å². The topological polar surface area (TPSA) is 18.5 Å². The summed E-state index contributed by atoms with van der Waals surface area (Å²) in [6.45, 7) is 0. The van der Waals surface area contributed by atoms with Gasteiger partial charge < -0.3 is 0 Å². The Kier molecular flexibility index (Phi) is 2.22. The van der Waals surface area contributed by atoms with E-state index in [1.807, 2.05) is 0 Å². The van der Waals surface area contributed by atoms with Crippen LogP contribution in [-0.2, 0) is 6.50 Å². The van der Waals surface area contributed by atoms with Crippen LogP contribution in [0.25, 0.3) is 0 Å². The van der Waals surface area contributed by atoms with Crippen LogP contribution in [0.2, 0.25) is 0 Å². The zero-order chi connectivity index (χ0) is 12.2. The van der Waals surface area contributed by atoms with Gasteiger partial charge in [0.25, 0.3) is 0 Å². The van der Waals surface area contributed by atoms with E-state index in [4.69, 9.17) is 0 Å². The first kappa shape index (κ1) is 14.8. The molecule has 0 rings (SSSR count). The molecular formula is F10O2Te2. The van der Waals surface area contributed by atoms with Gasteiger partial charge in [-0.25, -0.2) is 0 Å². The van der Waals surface area contributed by atoms with Crippen molar-refractivity contribution in [2.75, 3.05) is 0 Å². The molecule has 0 aromatic carbocycles. The second kappa shape index (κ2) is 2.10. The van der Waals surface area contributed by atoms with E-state index < -0.39 is 37.4 Å². The molecule has 0 aromatic heterocycles. The normalized spacial score (nSPS) is 24.4. The summed E-state index contributed by atoms with van der Waals surface area (Å²) >= 11 is -23.9. The minimum absolute atomic E-state index is 0.740. The number of rotatable bonds is 3. The van der Waals surface area contributed by atoms with Crippen molar-refractivity contribution >= 4 is 37.4 Å². The zero-order valence-electron chi connectivity index (χ0n) is 5.41. The second-order valence-electron chi connectivity index (χ2n) is 1.93. The molecule has 0 radical (unpaired) electrons. The fourth-order valence-corrected chi connectivity index (χ4v) is 4.72. The number of hydrogen-bond donors (Lipinski definition) is 0. The molecule has 14 heteroatoms. The average molecular weight is 477 g/mol. The first-order chi connectivity index (χ1) is 5.16. The molecule has 0 unspecified atom stereocenters. The van der Waals surface area contributed by atoms with Gasteiger partial charge in [-0.05, 0) is 0 Å². The van der Waals surface area contributed by atoms with E-state index in [2.05, 4.69) is 0 Å². The van der Waals surface area contributed by atoms with Gasteiger partial charge in [-0.15, -0.1) is 0 Å². The summed E-state index contributed by atoms with van der Waals surface area (Å²) in [6, 6.07) is 0. The predicted octanol–water partition coefficient (Wildman–Crippen LogP) is 3.30. The monoisotopic (exact) mass is 482 g/mol. The summed E-state index contributed by atoms with van der Waals surface area (Å²) in [6.07, 6.45) is 0. The molecule has 0 heterocycles. The minimum atomic E-state index is -11.9. The zero-order valence-corrected chi connectivity index (χ0v) is 10.1. The van der Waals surface area contributed by atoms with Crippen LogP contribution in [0.5, 0.6) is 0 Å². The molecule has 0 aliphatic heterocycles. The first-order valence-electron chi connectivity index (χ1n) is 2.04. The molecule has 0 bridgehead atoms. The Labute approximate surface area is 72.8 Å². The summed E-state index contributed by atoms with van der Waals surface area (Å²) < 4.78 is 112. The fraction of sp³-hybridized carbons (Fsp3) is 0. The molecule has 0 saturated carbocycles. The molecule has 0 aliphatic rings. The first-order valence-corrected chi connectivity index (χ1v) is 12.8. The molecule has 0 fully saturated rings. The van der Waals surface area contributed by atoms with Crippen molar-refractivity contribution in [3.8, 4) is 0 Å². The van der Waals surface area contributed by atoms with Crippen LogP contribution >= 0.6 is 0 Å². The molecule has 0 aliphatic carbocycles. The Morgan fingerprint density at radius 3 is 0.643 bits per heavy atom. The SMILES string of the molecule is F[Te](F)(F)(F)(F)OO[Te](F)(F)(F)(F)F. The van der Waals surface area contributed by atoms with Crippen LogP contribution in [0.4, 0.5) is 28.9 Å². The van der Waals surface area contributed by atoms with Crippen molar-refractivity contribution < 1.29 is 35.4 Å². The molecule has 0 aromatic rings. The van der Waals surface area contributed by atoms with Gasteiger partial charge in [0.05, 0.1) is 0 Å². The predicted molar refractivity (Wildman–Crippen MR) is 24.8 cm³/mol. The van der Waals surface area contributed by atoms with Gasteiger partial charge in [0.15, 0.2) is 0 Å². The third kappa shape index (κ3) is 12.8. The van der Waals surface area contributed by atoms with Gasteiger partial charge >= 0.3 is 72.8 Å². The van der Waals surface area contributed by atoms with Crippen LogP contribution in [0.15, 0.2) is 0 Å². The third-order valence-corrected chi connectivity index (χ3v) is 2.98. The van der Waals surface area contributed by atoms with Crippen molar-refractivity contribution in [2.45, 2.75) is 0 Å². The van der Waals surface area contributed by atoms with E-state index in [1.54, 1.807) is 0 Å². The standard InChI is InChI=1S/F10O2Te2/c1-13(2,3,4,5)11-12-14(6,7,8,9)10. The molecule has 0 spiro atoms. The summed E-state index contributed by atoms with van der Waals surface area (Å²) in [7, 11) is 0. The van der Waals surface area contributed by atoms with Crippen LogP contribution in [0.1, 0.15) is 0 Å². The Morgan fingerprint density at radius 2 is 0.571 bits per heavy atom. The van der Waals surface area contributed by atoms with E-state index in [0.717, 1.165) is 6.50 Å². The summed E-state index contributed by atoms with van der Waals surface area (Å²) in [5, 5.41) is 0. The molecule has 2 nitrogen and oxygen atoms in total. The molecule has 0 atom stereocenters. The van der Waals surface area contributed by atoms with E-state index in [-0.39, 0.29) is 0 Å². The van der Waals surface area contributed by atoms with Crippen LogP contribution in [-0.4, -0.2) is 37.4 Å². The van der Waals surface area contributed by atoms with Crippen LogP contribution < -0.4 is 0 Å². The average Bonchev–Trinajstić information content (AvgIpc) is 1.49. The van der Waals surface area contributed by atoms with Gasteiger partial charge in [-0.2, -0.15) is 0 Å². The van der Waals surface area contributed by atoms with Gasteiger partial charge in [0, 0.05) is 0 Å². The maximum absolute atomic E-state index is 11.9. The maximum atomic E-state index is 11.0. The Balaban J connectivity index is 4.88. The van der Waals surface area contributed by atoms with E-state index >= 15 is 0 Å². The van der Waals surface area contributed by atoms with Crippen molar-refractivity contribution in [3.05, 3.63) is 0 Å².